The molecule has 0 aromatic heterocycles. The van der Waals surface area contributed by atoms with Gasteiger partial charge < -0.3 is 4.74 Å². The fraction of sp³-hybridized carbons (Fsp3) is 0.167. The van der Waals surface area contributed by atoms with Crippen LogP contribution >= 0.6 is 0 Å². The lowest BCUT2D eigenvalue weighted by molar-refractivity contribution is -0.134. The highest BCUT2D eigenvalue weighted by atomic mass is 32.3. The van der Waals surface area contributed by atoms with Gasteiger partial charge in [0.05, 0.1) is 22.9 Å². The van der Waals surface area contributed by atoms with Gasteiger partial charge in [0.15, 0.2) is 0 Å². The molecule has 7 nitrogen and oxygen atoms in total. The minimum absolute atomic E-state index is 0.178. The molecular formula is C18H19NO6S2. The molecule has 0 bridgehead atoms. The maximum atomic E-state index is 13.1. The van der Waals surface area contributed by atoms with E-state index >= 15 is 0 Å². The quantitative estimate of drug-likeness (QED) is 0.514. The maximum absolute atomic E-state index is 13.1. The molecule has 2 aromatic carbocycles. The second kappa shape index (κ2) is 8.47. The predicted octanol–water partition coefficient (Wildman–Crippen LogP) is 2.18. The molecule has 0 heterocycles. The molecule has 144 valence electrons. The van der Waals surface area contributed by atoms with E-state index in [1.54, 1.807) is 12.1 Å². The van der Waals surface area contributed by atoms with Gasteiger partial charge in [-0.2, -0.15) is 0 Å². The molecule has 2 rings (SSSR count). The van der Waals surface area contributed by atoms with Crippen LogP contribution in [0.2, 0.25) is 0 Å². The highest BCUT2D eigenvalue weighted by Crippen LogP contribution is 2.27. The minimum Gasteiger partial charge on any atom is -0.466 e. The van der Waals surface area contributed by atoms with Crippen molar-refractivity contribution >= 4 is 26.0 Å². The summed E-state index contributed by atoms with van der Waals surface area (Å²) in [5.41, 5.74) is 0. The van der Waals surface area contributed by atoms with Crippen molar-refractivity contribution in [3.05, 3.63) is 72.8 Å². The van der Waals surface area contributed by atoms with Crippen molar-refractivity contribution < 1.29 is 26.4 Å². The van der Waals surface area contributed by atoms with Crippen LogP contribution in [0.4, 0.5) is 0 Å². The van der Waals surface area contributed by atoms with Crippen LogP contribution in [0.15, 0.2) is 82.6 Å². The molecule has 0 saturated heterocycles. The Labute approximate surface area is 159 Å². The number of benzene rings is 2. The largest absolute Gasteiger partial charge is 0.466 e. The fourth-order valence-corrected chi connectivity index (χ4v) is 6.30. The van der Waals surface area contributed by atoms with E-state index in [1.165, 1.54) is 55.5 Å². The monoisotopic (exact) mass is 409 g/mol. The molecule has 27 heavy (non-hydrogen) atoms. The summed E-state index contributed by atoms with van der Waals surface area (Å²) in [4.78, 5) is 11.0. The summed E-state index contributed by atoms with van der Waals surface area (Å²) in [7, 11) is -7.67. The van der Waals surface area contributed by atoms with Crippen LogP contribution in [0.3, 0.4) is 0 Å². The minimum atomic E-state index is -4.42. The van der Waals surface area contributed by atoms with Crippen LogP contribution in [0.1, 0.15) is 6.92 Å². The molecule has 9 heteroatoms. The Hall–Kier alpha value is -2.49. The van der Waals surface area contributed by atoms with E-state index in [9.17, 15) is 21.6 Å². The number of carbonyl (C=O) groups is 1. The van der Waals surface area contributed by atoms with Crippen LogP contribution in [-0.4, -0.2) is 39.7 Å². The molecule has 0 saturated carbocycles. The predicted molar refractivity (Wildman–Crippen MR) is 99.7 cm³/mol. The van der Waals surface area contributed by atoms with Crippen LogP contribution < -0.4 is 0 Å². The number of sulfonamides is 2. The third kappa shape index (κ3) is 4.62. The van der Waals surface area contributed by atoms with Gasteiger partial charge in [0.1, 0.15) is 0 Å². The summed E-state index contributed by atoms with van der Waals surface area (Å²) in [6.07, 6.45) is 2.14. The van der Waals surface area contributed by atoms with Crippen LogP contribution in [-0.2, 0) is 29.6 Å². The Morgan fingerprint density at radius 1 is 0.889 bits per heavy atom. The van der Waals surface area contributed by atoms with Gasteiger partial charge >= 0.3 is 5.97 Å². The van der Waals surface area contributed by atoms with E-state index in [-0.39, 0.29) is 9.79 Å². The second-order valence-corrected chi connectivity index (χ2v) is 9.35. The number of nitrogens with zero attached hydrogens (tertiary/aromatic N) is 1. The zero-order chi connectivity index (χ0) is 20.1. The Bertz CT molecular complexity index is 947. The first-order valence-electron chi connectivity index (χ1n) is 7.87. The summed E-state index contributed by atoms with van der Waals surface area (Å²) >= 11 is 0. The Balaban J connectivity index is 2.63. The number of hydrogen-bond donors (Lipinski definition) is 0. The lowest BCUT2D eigenvalue weighted by Crippen LogP contribution is -2.42. The van der Waals surface area contributed by atoms with Crippen molar-refractivity contribution in [2.75, 3.05) is 7.11 Å². The van der Waals surface area contributed by atoms with E-state index < -0.39 is 32.1 Å². The molecule has 0 aliphatic rings. The molecule has 1 unspecified atom stereocenters. The summed E-state index contributed by atoms with van der Waals surface area (Å²) in [6.45, 7) is 1.36. The highest BCUT2D eigenvalue weighted by molar-refractivity contribution is 8.04. The normalized spacial score (nSPS) is 13.6. The topological polar surface area (TPSA) is 97.8 Å². The van der Waals surface area contributed by atoms with Crippen molar-refractivity contribution in [2.24, 2.45) is 0 Å². The van der Waals surface area contributed by atoms with Gasteiger partial charge in [0.2, 0.25) is 0 Å². The fourth-order valence-electron chi connectivity index (χ4n) is 2.32. The first kappa shape index (κ1) is 20.8. The molecule has 0 amide bonds. The average Bonchev–Trinajstić information content (AvgIpc) is 2.67. The molecule has 0 fully saturated rings. The lowest BCUT2D eigenvalue weighted by Gasteiger charge is -2.26. The first-order valence-corrected chi connectivity index (χ1v) is 10.7. The van der Waals surface area contributed by atoms with Crippen molar-refractivity contribution in [3.8, 4) is 0 Å². The van der Waals surface area contributed by atoms with E-state index in [4.69, 9.17) is 0 Å². The molecule has 0 aliphatic heterocycles. The summed E-state index contributed by atoms with van der Waals surface area (Å²) < 4.78 is 57.3. The van der Waals surface area contributed by atoms with Gasteiger partial charge in [-0.05, 0) is 31.2 Å². The molecule has 0 aliphatic carbocycles. The molecule has 0 N–H and O–H groups in total. The van der Waals surface area contributed by atoms with Gasteiger partial charge in [-0.25, -0.2) is 21.6 Å². The zero-order valence-electron chi connectivity index (χ0n) is 14.7. The standard InChI is InChI=1S/C18H19NO6S2/c1-15(13-14-18(20)25-2)19(26(21,22)16-9-5-3-6-10-16)27(23,24)17-11-7-4-8-12-17/h3-15H,1-2H3/b14-13+. The molecule has 2 aromatic rings. The van der Waals surface area contributed by atoms with Gasteiger partial charge in [-0.15, -0.1) is 0 Å². The maximum Gasteiger partial charge on any atom is 0.330 e. The van der Waals surface area contributed by atoms with Crippen molar-refractivity contribution in [2.45, 2.75) is 22.8 Å². The number of ether oxygens (including phenoxy) is 1. The smallest absolute Gasteiger partial charge is 0.330 e. The second-order valence-electron chi connectivity index (χ2n) is 5.48. The molecule has 0 radical (unpaired) electrons. The third-order valence-electron chi connectivity index (χ3n) is 3.60. The van der Waals surface area contributed by atoms with Crippen LogP contribution in [0, 0.1) is 0 Å². The number of esters is 1. The number of carbonyl (C=O) groups excluding carboxylic acids is 1. The van der Waals surface area contributed by atoms with Gasteiger partial charge in [0, 0.05) is 6.08 Å². The van der Waals surface area contributed by atoms with E-state index in [1.807, 2.05) is 0 Å². The third-order valence-corrected chi connectivity index (χ3v) is 8.13. The van der Waals surface area contributed by atoms with Gasteiger partial charge in [0.25, 0.3) is 20.0 Å². The number of hydrogen-bond acceptors (Lipinski definition) is 6. The van der Waals surface area contributed by atoms with Gasteiger partial charge in [-0.3, -0.25) is 0 Å². The van der Waals surface area contributed by atoms with E-state index in [2.05, 4.69) is 4.74 Å². The average molecular weight is 409 g/mol. The molecule has 0 spiro atoms. The highest BCUT2D eigenvalue weighted by Gasteiger charge is 2.39. The van der Waals surface area contributed by atoms with Crippen molar-refractivity contribution in [1.29, 1.82) is 0 Å². The Morgan fingerprint density at radius 2 is 1.30 bits per heavy atom. The summed E-state index contributed by atoms with van der Waals surface area (Å²) in [6, 6.07) is 13.3. The number of methoxy groups -OCH3 is 1. The van der Waals surface area contributed by atoms with E-state index in [0.29, 0.717) is 3.71 Å². The van der Waals surface area contributed by atoms with Crippen molar-refractivity contribution in [3.63, 3.8) is 0 Å². The summed E-state index contributed by atoms with van der Waals surface area (Å²) in [5, 5.41) is 0. The van der Waals surface area contributed by atoms with Gasteiger partial charge in [-0.1, -0.05) is 46.2 Å². The zero-order valence-corrected chi connectivity index (χ0v) is 16.4. The Kier molecular flexibility index (Phi) is 6.53. The molecular weight excluding hydrogens is 390 g/mol. The van der Waals surface area contributed by atoms with Crippen molar-refractivity contribution in [1.82, 2.24) is 3.71 Å². The Morgan fingerprint density at radius 3 is 1.67 bits per heavy atom. The first-order chi connectivity index (χ1) is 12.7. The lowest BCUT2D eigenvalue weighted by atomic mass is 10.3. The van der Waals surface area contributed by atoms with Crippen LogP contribution in [0.25, 0.3) is 0 Å². The summed E-state index contributed by atoms with van der Waals surface area (Å²) in [5.74, 6) is -0.726. The van der Waals surface area contributed by atoms with Crippen LogP contribution in [0.5, 0.6) is 0 Å². The number of rotatable bonds is 7. The van der Waals surface area contributed by atoms with E-state index in [0.717, 1.165) is 19.3 Å². The SMILES string of the molecule is COC(=O)/C=C/C(C)N(S(=O)(=O)c1ccccc1)S(=O)(=O)c1ccccc1. The molecule has 1 atom stereocenters.